The van der Waals surface area contributed by atoms with E-state index in [-0.39, 0.29) is 5.82 Å². The molecule has 3 rings (SSSR count). The Morgan fingerprint density at radius 1 is 1.08 bits per heavy atom. The van der Waals surface area contributed by atoms with Crippen molar-refractivity contribution in [2.24, 2.45) is 0 Å². The first-order chi connectivity index (χ1) is 12.0. The van der Waals surface area contributed by atoms with Crippen molar-refractivity contribution in [1.82, 2.24) is 10.3 Å². The lowest BCUT2D eigenvalue weighted by Gasteiger charge is -2.05. The molecule has 2 aromatic carbocycles. The van der Waals surface area contributed by atoms with Gasteiger partial charge in [0.25, 0.3) is 0 Å². The van der Waals surface area contributed by atoms with E-state index in [1.54, 1.807) is 24.4 Å². The largest absolute Gasteiger partial charge is 0.310 e. The Labute approximate surface area is 164 Å². The van der Waals surface area contributed by atoms with Crippen molar-refractivity contribution in [3.05, 3.63) is 74.1 Å². The van der Waals surface area contributed by atoms with Gasteiger partial charge in [0.2, 0.25) is 0 Å². The number of rotatable bonds is 6. The molecular weight excluding hydrogens is 402 g/mol. The van der Waals surface area contributed by atoms with Gasteiger partial charge in [0.1, 0.15) is 10.8 Å². The van der Waals surface area contributed by atoms with Crippen LogP contribution in [-0.4, -0.2) is 11.5 Å². The Hall–Kier alpha value is -1.17. The average molecular weight is 416 g/mol. The smallest absolute Gasteiger partial charge is 0.133 e. The van der Waals surface area contributed by atoms with E-state index in [1.165, 1.54) is 17.4 Å². The molecule has 1 aromatic heterocycles. The molecule has 1 N–H and O–H groups in total. The van der Waals surface area contributed by atoms with Crippen LogP contribution in [0.3, 0.4) is 0 Å². The summed E-state index contributed by atoms with van der Waals surface area (Å²) in [5.74, 6) is -0.340. The lowest BCUT2D eigenvalue weighted by Crippen LogP contribution is -2.16. The zero-order valence-electron chi connectivity index (χ0n) is 13.0. The van der Waals surface area contributed by atoms with Crippen LogP contribution in [0.5, 0.6) is 0 Å². The van der Waals surface area contributed by atoms with Crippen LogP contribution in [0.4, 0.5) is 4.39 Å². The van der Waals surface area contributed by atoms with E-state index in [2.05, 4.69) is 10.3 Å². The number of hydrogen-bond donors (Lipinski definition) is 1. The fraction of sp³-hybridized carbons (Fsp3) is 0.167. The van der Waals surface area contributed by atoms with Crippen LogP contribution in [0.1, 0.15) is 10.6 Å². The van der Waals surface area contributed by atoms with Gasteiger partial charge in [-0.05, 0) is 42.8 Å². The monoisotopic (exact) mass is 414 g/mol. The normalized spacial score (nSPS) is 11.0. The van der Waals surface area contributed by atoms with E-state index in [1.807, 2.05) is 12.1 Å². The first-order valence-electron chi connectivity index (χ1n) is 7.58. The van der Waals surface area contributed by atoms with Crippen molar-refractivity contribution in [3.8, 4) is 10.4 Å². The molecule has 0 saturated carbocycles. The summed E-state index contributed by atoms with van der Waals surface area (Å²) in [5, 5.41) is 5.87. The van der Waals surface area contributed by atoms with Crippen LogP contribution >= 0.6 is 46.1 Å². The molecule has 0 unspecified atom stereocenters. The number of hydrogen-bond acceptors (Lipinski definition) is 3. The first kappa shape index (κ1) is 18.6. The third-order valence-corrected chi connectivity index (χ3v) is 5.54. The maximum atomic E-state index is 14.0. The van der Waals surface area contributed by atoms with Crippen LogP contribution in [0, 0.1) is 5.82 Å². The molecule has 0 amide bonds. The highest BCUT2D eigenvalue weighted by molar-refractivity contribution is 7.15. The number of thiazole rings is 1. The summed E-state index contributed by atoms with van der Waals surface area (Å²) < 4.78 is 14.0. The van der Waals surface area contributed by atoms with Gasteiger partial charge in [0, 0.05) is 28.4 Å². The Morgan fingerprint density at radius 2 is 1.92 bits per heavy atom. The molecular formula is C18H14Cl3FN2S. The van der Waals surface area contributed by atoms with Crippen molar-refractivity contribution in [3.63, 3.8) is 0 Å². The molecule has 25 heavy (non-hydrogen) atoms. The maximum Gasteiger partial charge on any atom is 0.133 e. The van der Waals surface area contributed by atoms with Crippen molar-refractivity contribution < 1.29 is 4.39 Å². The van der Waals surface area contributed by atoms with Crippen molar-refractivity contribution in [2.45, 2.75) is 13.0 Å². The molecule has 7 heteroatoms. The summed E-state index contributed by atoms with van der Waals surface area (Å²) in [6.45, 7) is 1.35. The van der Waals surface area contributed by atoms with E-state index < -0.39 is 0 Å². The van der Waals surface area contributed by atoms with E-state index >= 15 is 0 Å². The molecule has 0 bridgehead atoms. The second-order valence-electron chi connectivity index (χ2n) is 5.38. The molecule has 0 aliphatic heterocycles. The van der Waals surface area contributed by atoms with Gasteiger partial charge in [0.15, 0.2) is 0 Å². The summed E-state index contributed by atoms with van der Waals surface area (Å²) in [6, 6.07) is 10.2. The summed E-state index contributed by atoms with van der Waals surface area (Å²) in [7, 11) is 0. The van der Waals surface area contributed by atoms with E-state index in [9.17, 15) is 4.39 Å². The molecule has 0 radical (unpaired) electrons. The number of aromatic nitrogens is 1. The van der Waals surface area contributed by atoms with E-state index in [0.29, 0.717) is 27.2 Å². The third kappa shape index (κ3) is 4.72. The van der Waals surface area contributed by atoms with Crippen molar-refractivity contribution in [1.29, 1.82) is 0 Å². The highest BCUT2D eigenvalue weighted by Gasteiger charge is 2.12. The van der Waals surface area contributed by atoms with Crippen LogP contribution < -0.4 is 5.32 Å². The number of nitrogens with one attached hydrogen (secondary N) is 1. The summed E-state index contributed by atoms with van der Waals surface area (Å²) in [6.07, 6.45) is 2.44. The van der Waals surface area contributed by atoms with Crippen LogP contribution in [-0.2, 0) is 13.0 Å². The van der Waals surface area contributed by atoms with E-state index in [4.69, 9.17) is 34.8 Å². The SMILES string of the molecule is Fc1cccc(Cl)c1-c1cnc(CNCCc2ccc(Cl)cc2Cl)s1. The Morgan fingerprint density at radius 3 is 2.68 bits per heavy atom. The average Bonchev–Trinajstić information content (AvgIpc) is 3.01. The van der Waals surface area contributed by atoms with Gasteiger partial charge >= 0.3 is 0 Å². The molecule has 130 valence electrons. The molecule has 0 atom stereocenters. The maximum absolute atomic E-state index is 14.0. The lowest BCUT2D eigenvalue weighted by molar-refractivity contribution is 0.632. The van der Waals surface area contributed by atoms with Gasteiger partial charge in [-0.25, -0.2) is 9.37 Å². The fourth-order valence-corrected chi connectivity index (χ4v) is 4.16. The van der Waals surface area contributed by atoms with Crippen molar-refractivity contribution in [2.75, 3.05) is 6.54 Å². The predicted molar refractivity (Wildman–Crippen MR) is 104 cm³/mol. The molecule has 0 saturated heterocycles. The molecule has 0 fully saturated rings. The Kier molecular flexibility index (Phi) is 6.31. The topological polar surface area (TPSA) is 24.9 Å². The van der Waals surface area contributed by atoms with Crippen molar-refractivity contribution >= 4 is 46.1 Å². The van der Waals surface area contributed by atoms with Gasteiger partial charge in [-0.1, -0.05) is 46.9 Å². The van der Waals surface area contributed by atoms with Crippen LogP contribution in [0.2, 0.25) is 15.1 Å². The zero-order chi connectivity index (χ0) is 17.8. The standard InChI is InChI=1S/C18H14Cl3FN2S/c19-12-5-4-11(14(21)8-12)6-7-23-10-17-24-9-16(25-17)18-13(20)2-1-3-15(18)22/h1-5,8-9,23H,6-7,10H2. The van der Waals surface area contributed by atoms with E-state index in [0.717, 1.165) is 28.4 Å². The Balaban J connectivity index is 1.57. The van der Waals surface area contributed by atoms with Gasteiger partial charge in [-0.15, -0.1) is 11.3 Å². The highest BCUT2D eigenvalue weighted by Crippen LogP contribution is 2.34. The molecule has 3 aromatic rings. The predicted octanol–water partition coefficient (Wildman–Crippen LogP) is 6.24. The molecule has 1 heterocycles. The quantitative estimate of drug-likeness (QED) is 0.482. The van der Waals surface area contributed by atoms with Gasteiger partial charge in [-0.3, -0.25) is 0 Å². The second kappa shape index (κ2) is 8.47. The minimum absolute atomic E-state index is 0.340. The molecule has 0 aliphatic rings. The zero-order valence-corrected chi connectivity index (χ0v) is 16.1. The van der Waals surface area contributed by atoms with Crippen LogP contribution in [0.15, 0.2) is 42.6 Å². The highest BCUT2D eigenvalue weighted by atomic mass is 35.5. The minimum Gasteiger partial charge on any atom is -0.310 e. The van der Waals surface area contributed by atoms with Crippen LogP contribution in [0.25, 0.3) is 10.4 Å². The number of halogens is 4. The minimum atomic E-state index is -0.340. The number of benzene rings is 2. The van der Waals surface area contributed by atoms with Gasteiger partial charge in [-0.2, -0.15) is 0 Å². The Bertz CT molecular complexity index is 862. The molecule has 0 aliphatic carbocycles. The lowest BCUT2D eigenvalue weighted by atomic mass is 10.1. The fourth-order valence-electron chi connectivity index (χ4n) is 2.38. The second-order valence-corrected chi connectivity index (χ2v) is 7.74. The summed E-state index contributed by atoms with van der Waals surface area (Å²) in [5.41, 5.74) is 1.44. The third-order valence-electron chi connectivity index (χ3n) is 3.63. The summed E-state index contributed by atoms with van der Waals surface area (Å²) in [4.78, 5) is 5.06. The molecule has 0 spiro atoms. The van der Waals surface area contributed by atoms with Gasteiger partial charge < -0.3 is 5.32 Å². The molecule has 2 nitrogen and oxygen atoms in total. The number of nitrogens with zero attached hydrogens (tertiary/aromatic N) is 1. The summed E-state index contributed by atoms with van der Waals surface area (Å²) >= 11 is 19.6. The van der Waals surface area contributed by atoms with Gasteiger partial charge in [0.05, 0.1) is 9.90 Å². The first-order valence-corrected chi connectivity index (χ1v) is 9.53.